The van der Waals surface area contributed by atoms with Gasteiger partial charge in [0, 0.05) is 21.1 Å². The van der Waals surface area contributed by atoms with E-state index in [1.165, 1.54) is 11.9 Å². The van der Waals surface area contributed by atoms with Crippen molar-refractivity contribution in [3.8, 4) is 0 Å². The second-order valence-electron chi connectivity index (χ2n) is 3.67. The summed E-state index contributed by atoms with van der Waals surface area (Å²) in [6.45, 7) is -0.882. The maximum atomic E-state index is 11.4. The highest BCUT2D eigenvalue weighted by Gasteiger charge is 2.21. The van der Waals surface area contributed by atoms with Gasteiger partial charge >= 0.3 is 12.0 Å². The minimum Gasteiger partial charge on any atom is -0.480 e. The zero-order chi connectivity index (χ0) is 13.6. The summed E-state index contributed by atoms with van der Waals surface area (Å²) in [7, 11) is 4.44. The van der Waals surface area contributed by atoms with Gasteiger partial charge in [-0.1, -0.05) is 0 Å². The van der Waals surface area contributed by atoms with Gasteiger partial charge in [-0.15, -0.1) is 0 Å². The lowest BCUT2D eigenvalue weighted by atomic mass is 10.3. The third-order valence-corrected chi connectivity index (χ3v) is 2.00. The summed E-state index contributed by atoms with van der Waals surface area (Å²) in [5.74, 6) is -1.63. The summed E-state index contributed by atoms with van der Waals surface area (Å²) < 4.78 is 0. The van der Waals surface area contributed by atoms with E-state index in [-0.39, 0.29) is 12.5 Å². The van der Waals surface area contributed by atoms with Crippen LogP contribution in [-0.4, -0.2) is 78.3 Å². The number of carboxylic acid groups (broad SMARTS) is 1. The SMILES string of the molecule is CN(C)C(=O)CN(C)C(=O)N[C@H](CO)C(=O)O. The Labute approximate surface area is 98.8 Å². The number of amides is 3. The first-order chi connectivity index (χ1) is 7.79. The summed E-state index contributed by atoms with van der Waals surface area (Å²) in [6.07, 6.45) is 0. The van der Waals surface area contributed by atoms with Crippen molar-refractivity contribution in [2.24, 2.45) is 0 Å². The van der Waals surface area contributed by atoms with Crippen LogP contribution in [0.15, 0.2) is 0 Å². The number of carbonyl (C=O) groups excluding carboxylic acids is 2. The second-order valence-corrected chi connectivity index (χ2v) is 3.67. The van der Waals surface area contributed by atoms with E-state index < -0.39 is 24.6 Å². The molecule has 0 radical (unpaired) electrons. The van der Waals surface area contributed by atoms with Gasteiger partial charge in [-0.2, -0.15) is 0 Å². The molecule has 0 spiro atoms. The first-order valence-corrected chi connectivity index (χ1v) is 4.85. The van der Waals surface area contributed by atoms with E-state index in [9.17, 15) is 14.4 Å². The van der Waals surface area contributed by atoms with E-state index in [0.717, 1.165) is 4.90 Å². The molecule has 0 aromatic carbocycles. The highest BCUT2D eigenvalue weighted by molar-refractivity contribution is 5.86. The molecule has 0 saturated heterocycles. The molecule has 0 unspecified atom stereocenters. The summed E-state index contributed by atoms with van der Waals surface area (Å²) in [6, 6.07) is -2.11. The quantitative estimate of drug-likeness (QED) is 0.529. The number of likely N-dealkylation sites (N-methyl/N-ethyl adjacent to an activating group) is 2. The number of aliphatic hydroxyl groups excluding tert-OH is 1. The van der Waals surface area contributed by atoms with Crippen LogP contribution in [0.25, 0.3) is 0 Å². The van der Waals surface area contributed by atoms with Crippen molar-refractivity contribution in [3.63, 3.8) is 0 Å². The third kappa shape index (κ3) is 5.16. The first-order valence-electron chi connectivity index (χ1n) is 4.85. The van der Waals surface area contributed by atoms with Crippen molar-refractivity contribution >= 4 is 17.9 Å². The number of rotatable bonds is 5. The fraction of sp³-hybridized carbons (Fsp3) is 0.667. The zero-order valence-corrected chi connectivity index (χ0v) is 10.0. The molecular formula is C9H17N3O5. The third-order valence-electron chi connectivity index (χ3n) is 2.00. The van der Waals surface area contributed by atoms with Gasteiger partial charge in [0.1, 0.15) is 6.54 Å². The average Bonchev–Trinajstić information content (AvgIpc) is 2.24. The predicted octanol–water partition coefficient (Wildman–Crippen LogP) is -1.84. The topological polar surface area (TPSA) is 110 Å². The average molecular weight is 247 g/mol. The number of nitrogens with one attached hydrogen (secondary N) is 1. The van der Waals surface area contributed by atoms with E-state index in [4.69, 9.17) is 10.2 Å². The van der Waals surface area contributed by atoms with Crippen molar-refractivity contribution in [1.29, 1.82) is 0 Å². The Morgan fingerprint density at radius 3 is 2.12 bits per heavy atom. The number of carbonyl (C=O) groups is 3. The van der Waals surface area contributed by atoms with Gasteiger partial charge in [-0.05, 0) is 0 Å². The molecule has 0 aromatic rings. The molecule has 3 amide bonds. The number of nitrogens with zero attached hydrogens (tertiary/aromatic N) is 2. The molecule has 0 heterocycles. The number of hydrogen-bond acceptors (Lipinski definition) is 4. The largest absolute Gasteiger partial charge is 0.480 e. The molecular weight excluding hydrogens is 230 g/mol. The van der Waals surface area contributed by atoms with Crippen LogP contribution < -0.4 is 5.32 Å². The smallest absolute Gasteiger partial charge is 0.328 e. The number of aliphatic hydroxyl groups is 1. The second kappa shape index (κ2) is 6.69. The van der Waals surface area contributed by atoms with Crippen molar-refractivity contribution < 1.29 is 24.6 Å². The van der Waals surface area contributed by atoms with Gasteiger partial charge in [0.05, 0.1) is 6.61 Å². The van der Waals surface area contributed by atoms with Gasteiger partial charge in [-0.3, -0.25) is 4.79 Å². The monoisotopic (exact) mass is 247 g/mol. The maximum absolute atomic E-state index is 11.4. The Hall–Kier alpha value is -1.83. The van der Waals surface area contributed by atoms with Crippen LogP contribution in [-0.2, 0) is 9.59 Å². The van der Waals surface area contributed by atoms with Gasteiger partial charge in [0.25, 0.3) is 0 Å². The molecule has 0 aromatic heterocycles. The van der Waals surface area contributed by atoms with E-state index in [1.807, 2.05) is 0 Å². The summed E-state index contributed by atoms with van der Waals surface area (Å²) >= 11 is 0. The molecule has 8 nitrogen and oxygen atoms in total. The minimum atomic E-state index is -1.38. The Balaban J connectivity index is 4.31. The number of urea groups is 1. The Bertz CT molecular complexity index is 305. The predicted molar refractivity (Wildman–Crippen MR) is 58.4 cm³/mol. The minimum absolute atomic E-state index is 0.170. The standard InChI is InChI=1S/C9H17N3O5/c1-11(2)7(14)4-12(3)9(17)10-6(5-13)8(15)16/h6,13H,4-5H2,1-3H3,(H,10,17)(H,15,16)/t6-/m1/s1. The van der Waals surface area contributed by atoms with Crippen LogP contribution in [0.2, 0.25) is 0 Å². The molecule has 0 aliphatic carbocycles. The van der Waals surface area contributed by atoms with E-state index in [0.29, 0.717) is 0 Å². The Kier molecular flexibility index (Phi) is 5.97. The van der Waals surface area contributed by atoms with Crippen molar-refractivity contribution in [2.45, 2.75) is 6.04 Å². The zero-order valence-electron chi connectivity index (χ0n) is 10.0. The molecule has 0 fully saturated rings. The fourth-order valence-electron chi connectivity index (χ4n) is 0.861. The van der Waals surface area contributed by atoms with Gasteiger partial charge in [0.2, 0.25) is 5.91 Å². The molecule has 1 atom stereocenters. The highest BCUT2D eigenvalue weighted by atomic mass is 16.4. The van der Waals surface area contributed by atoms with Gasteiger partial charge in [0.15, 0.2) is 6.04 Å². The van der Waals surface area contributed by atoms with Crippen molar-refractivity contribution in [2.75, 3.05) is 34.3 Å². The first kappa shape index (κ1) is 15.2. The summed E-state index contributed by atoms with van der Waals surface area (Å²) in [5.41, 5.74) is 0. The fourth-order valence-corrected chi connectivity index (χ4v) is 0.861. The van der Waals surface area contributed by atoms with Crippen LogP contribution in [0.5, 0.6) is 0 Å². The molecule has 0 aliphatic heterocycles. The Morgan fingerprint density at radius 2 is 1.76 bits per heavy atom. The molecule has 0 bridgehead atoms. The molecule has 8 heteroatoms. The molecule has 0 aliphatic rings. The highest BCUT2D eigenvalue weighted by Crippen LogP contribution is 1.91. The summed E-state index contributed by atoms with van der Waals surface area (Å²) in [4.78, 5) is 35.6. The van der Waals surface area contributed by atoms with Crippen molar-refractivity contribution in [3.05, 3.63) is 0 Å². The number of hydrogen-bond donors (Lipinski definition) is 3. The number of carboxylic acids is 1. The molecule has 3 N–H and O–H groups in total. The van der Waals surface area contributed by atoms with E-state index in [2.05, 4.69) is 5.32 Å². The van der Waals surface area contributed by atoms with Gasteiger partial charge in [-0.25, -0.2) is 9.59 Å². The van der Waals surface area contributed by atoms with Crippen LogP contribution in [0, 0.1) is 0 Å². The van der Waals surface area contributed by atoms with Gasteiger partial charge < -0.3 is 25.3 Å². The van der Waals surface area contributed by atoms with Crippen LogP contribution in [0.3, 0.4) is 0 Å². The normalized spacial score (nSPS) is 11.5. The maximum Gasteiger partial charge on any atom is 0.328 e. The molecule has 0 saturated carbocycles. The van der Waals surface area contributed by atoms with E-state index >= 15 is 0 Å². The van der Waals surface area contributed by atoms with Crippen LogP contribution >= 0.6 is 0 Å². The van der Waals surface area contributed by atoms with Crippen molar-refractivity contribution in [1.82, 2.24) is 15.1 Å². The number of aliphatic carboxylic acids is 1. The Morgan fingerprint density at radius 1 is 1.24 bits per heavy atom. The molecule has 98 valence electrons. The lowest BCUT2D eigenvalue weighted by Crippen LogP contribution is -2.50. The molecule has 0 rings (SSSR count). The lowest BCUT2D eigenvalue weighted by molar-refractivity contribution is -0.140. The lowest BCUT2D eigenvalue weighted by Gasteiger charge is -2.21. The van der Waals surface area contributed by atoms with E-state index in [1.54, 1.807) is 14.1 Å². The molecule has 17 heavy (non-hydrogen) atoms. The van der Waals surface area contributed by atoms with Crippen LogP contribution in [0.1, 0.15) is 0 Å². The van der Waals surface area contributed by atoms with Crippen LogP contribution in [0.4, 0.5) is 4.79 Å². The summed E-state index contributed by atoms with van der Waals surface area (Å²) in [5, 5.41) is 19.4.